The number of rotatable bonds is 4. The summed E-state index contributed by atoms with van der Waals surface area (Å²) in [6.07, 6.45) is 0. The Balaban J connectivity index is 2.94. The first-order chi connectivity index (χ1) is 6.65. The predicted octanol–water partition coefficient (Wildman–Crippen LogP) is 0.458. The molecule has 0 aliphatic carbocycles. The molecule has 0 bridgehead atoms. The largest absolute Gasteiger partial charge is 0.476 e. The highest BCUT2D eigenvalue weighted by atomic mass is 32.1. The van der Waals surface area contributed by atoms with Gasteiger partial charge in [-0.3, -0.25) is 0 Å². The van der Waals surface area contributed by atoms with Crippen molar-refractivity contribution >= 4 is 28.1 Å². The number of nitrogens with zero attached hydrogens (tertiary/aromatic N) is 2. The van der Waals surface area contributed by atoms with Crippen LogP contribution < -0.4 is 5.73 Å². The zero-order valence-corrected chi connectivity index (χ0v) is 7.62. The van der Waals surface area contributed by atoms with Gasteiger partial charge in [0.2, 0.25) is 5.71 Å². The number of carbonyl (C=O) groups is 1. The maximum Gasteiger partial charge on any atom is 0.360 e. The Hall–Kier alpha value is -1.70. The standard InChI is InChI=1S/C6H6FN3O3S/c7-2-13-10-4(5(11)12)3-1-14-6(8)9-3/h1H,2H2,(H2,8,9)(H,11,12)/b10-4-. The Bertz CT molecular complexity index is 365. The highest BCUT2D eigenvalue weighted by Gasteiger charge is 2.16. The van der Waals surface area contributed by atoms with Crippen molar-refractivity contribution in [2.24, 2.45) is 5.16 Å². The third kappa shape index (κ3) is 2.39. The van der Waals surface area contributed by atoms with Gasteiger partial charge in [-0.15, -0.1) is 11.3 Å². The van der Waals surface area contributed by atoms with Gasteiger partial charge in [0.1, 0.15) is 5.69 Å². The maximum absolute atomic E-state index is 11.6. The predicted molar refractivity (Wildman–Crippen MR) is 47.8 cm³/mol. The third-order valence-corrected chi connectivity index (χ3v) is 1.85. The lowest BCUT2D eigenvalue weighted by molar-refractivity contribution is -0.129. The van der Waals surface area contributed by atoms with Crippen molar-refractivity contribution in [2.45, 2.75) is 0 Å². The molecule has 1 rings (SSSR count). The molecule has 0 saturated carbocycles. The molecule has 6 nitrogen and oxygen atoms in total. The molecule has 0 atom stereocenters. The van der Waals surface area contributed by atoms with Crippen LogP contribution in [0.1, 0.15) is 5.69 Å². The van der Waals surface area contributed by atoms with Crippen LogP contribution >= 0.6 is 11.3 Å². The van der Waals surface area contributed by atoms with Crippen LogP contribution in [0.15, 0.2) is 10.5 Å². The second-order valence-electron chi connectivity index (χ2n) is 2.05. The van der Waals surface area contributed by atoms with Crippen molar-refractivity contribution in [3.63, 3.8) is 0 Å². The van der Waals surface area contributed by atoms with Crippen LogP contribution in [0.5, 0.6) is 0 Å². The molecule has 0 aliphatic rings. The number of aromatic nitrogens is 1. The molecular formula is C6H6FN3O3S. The van der Waals surface area contributed by atoms with Crippen molar-refractivity contribution < 1.29 is 19.1 Å². The van der Waals surface area contributed by atoms with Gasteiger partial charge in [-0.1, -0.05) is 5.16 Å². The van der Waals surface area contributed by atoms with Crippen molar-refractivity contribution in [1.29, 1.82) is 0 Å². The smallest absolute Gasteiger partial charge is 0.360 e. The minimum absolute atomic E-state index is 0.0495. The molecular weight excluding hydrogens is 213 g/mol. The molecule has 1 aromatic rings. The number of nitrogens with two attached hydrogens (primary N) is 1. The van der Waals surface area contributed by atoms with E-state index in [0.29, 0.717) is 0 Å². The molecule has 0 radical (unpaired) electrons. The number of nitrogen functional groups attached to an aromatic ring is 1. The van der Waals surface area contributed by atoms with Crippen LogP contribution in [0, 0.1) is 0 Å². The second-order valence-corrected chi connectivity index (χ2v) is 2.94. The van der Waals surface area contributed by atoms with E-state index >= 15 is 0 Å². The van der Waals surface area contributed by atoms with Crippen LogP contribution in [0.3, 0.4) is 0 Å². The SMILES string of the molecule is Nc1nc(/C(=N/OCF)C(=O)O)cs1. The minimum atomic E-state index is -1.36. The molecule has 14 heavy (non-hydrogen) atoms. The fourth-order valence-corrected chi connectivity index (χ4v) is 1.23. The lowest BCUT2D eigenvalue weighted by atomic mass is 10.3. The quantitative estimate of drug-likeness (QED) is 0.566. The van der Waals surface area contributed by atoms with E-state index in [1.54, 1.807) is 0 Å². The van der Waals surface area contributed by atoms with Gasteiger partial charge >= 0.3 is 5.97 Å². The lowest BCUT2D eigenvalue weighted by Gasteiger charge is -1.95. The zero-order valence-electron chi connectivity index (χ0n) is 6.81. The number of oxime groups is 1. The molecule has 0 aliphatic heterocycles. The van der Waals surface area contributed by atoms with Crippen LogP contribution in [0.4, 0.5) is 9.52 Å². The first-order valence-corrected chi connectivity index (χ1v) is 4.23. The summed E-state index contributed by atoms with van der Waals surface area (Å²) in [4.78, 5) is 18.3. The number of carboxylic acids is 1. The number of anilines is 1. The number of hydrogen-bond acceptors (Lipinski definition) is 6. The van der Waals surface area contributed by atoms with E-state index in [9.17, 15) is 9.18 Å². The van der Waals surface area contributed by atoms with Crippen LogP contribution in [0.2, 0.25) is 0 Å². The van der Waals surface area contributed by atoms with Gasteiger partial charge in [-0.2, -0.15) is 0 Å². The van der Waals surface area contributed by atoms with Crippen LogP contribution in [-0.2, 0) is 9.63 Å². The lowest BCUT2D eigenvalue weighted by Crippen LogP contribution is -2.15. The van der Waals surface area contributed by atoms with Crippen molar-refractivity contribution in [3.8, 4) is 0 Å². The Morgan fingerprint density at radius 3 is 3.00 bits per heavy atom. The van der Waals surface area contributed by atoms with Gasteiger partial charge in [0.05, 0.1) is 0 Å². The molecule has 0 amide bonds. The van der Waals surface area contributed by atoms with Gasteiger partial charge in [0.25, 0.3) is 6.86 Å². The van der Waals surface area contributed by atoms with Gasteiger partial charge in [-0.25, -0.2) is 14.2 Å². The zero-order chi connectivity index (χ0) is 10.6. The third-order valence-electron chi connectivity index (χ3n) is 1.17. The topological polar surface area (TPSA) is 97.8 Å². The van der Waals surface area contributed by atoms with E-state index in [1.807, 2.05) is 0 Å². The summed E-state index contributed by atoms with van der Waals surface area (Å²) in [7, 11) is 0. The first-order valence-electron chi connectivity index (χ1n) is 3.35. The molecule has 76 valence electrons. The van der Waals surface area contributed by atoms with E-state index in [1.165, 1.54) is 5.38 Å². The molecule has 0 saturated heterocycles. The molecule has 1 aromatic heterocycles. The normalized spacial score (nSPS) is 11.4. The van der Waals surface area contributed by atoms with Gasteiger partial charge in [0.15, 0.2) is 5.13 Å². The molecule has 0 unspecified atom stereocenters. The number of alkyl halides is 1. The molecule has 0 fully saturated rings. The monoisotopic (exact) mass is 219 g/mol. The highest BCUT2D eigenvalue weighted by molar-refractivity contribution is 7.13. The molecule has 0 aromatic carbocycles. The molecule has 1 heterocycles. The second kappa shape index (κ2) is 4.51. The summed E-state index contributed by atoms with van der Waals surface area (Å²) in [5, 5.41) is 13.3. The van der Waals surface area contributed by atoms with Gasteiger partial charge in [0, 0.05) is 5.38 Å². The number of carboxylic acid groups (broad SMARTS) is 1. The number of aliphatic carboxylic acids is 1. The Labute approximate surface area is 81.8 Å². The van der Waals surface area contributed by atoms with E-state index in [0.717, 1.165) is 11.3 Å². The molecule has 3 N–H and O–H groups in total. The van der Waals surface area contributed by atoms with Crippen molar-refractivity contribution in [3.05, 3.63) is 11.1 Å². The first kappa shape index (κ1) is 10.4. The van der Waals surface area contributed by atoms with Crippen molar-refractivity contribution in [1.82, 2.24) is 4.98 Å². The van der Waals surface area contributed by atoms with E-state index < -0.39 is 18.5 Å². The average molecular weight is 219 g/mol. The summed E-state index contributed by atoms with van der Waals surface area (Å²) in [6.45, 7) is -1.20. The number of halogens is 1. The summed E-state index contributed by atoms with van der Waals surface area (Å²) in [5.74, 6) is -1.36. The fourth-order valence-electron chi connectivity index (χ4n) is 0.681. The van der Waals surface area contributed by atoms with Gasteiger partial charge < -0.3 is 15.7 Å². The average Bonchev–Trinajstić information content (AvgIpc) is 2.52. The Kier molecular flexibility index (Phi) is 3.35. The van der Waals surface area contributed by atoms with Crippen LogP contribution in [-0.4, -0.2) is 28.6 Å². The summed E-state index contributed by atoms with van der Waals surface area (Å²) in [5.41, 5.74) is 4.86. The summed E-state index contributed by atoms with van der Waals surface area (Å²) < 4.78 is 11.6. The van der Waals surface area contributed by atoms with E-state index in [2.05, 4.69) is 15.0 Å². The van der Waals surface area contributed by atoms with E-state index in [4.69, 9.17) is 10.8 Å². The Morgan fingerprint density at radius 1 is 1.86 bits per heavy atom. The number of hydrogen-bond donors (Lipinski definition) is 2. The van der Waals surface area contributed by atoms with Crippen LogP contribution in [0.25, 0.3) is 0 Å². The highest BCUT2D eigenvalue weighted by Crippen LogP contribution is 2.12. The molecule has 0 spiro atoms. The fraction of sp³-hybridized carbons (Fsp3) is 0.167. The summed E-state index contributed by atoms with van der Waals surface area (Å²) in [6, 6.07) is 0. The summed E-state index contributed by atoms with van der Waals surface area (Å²) >= 11 is 1.06. The van der Waals surface area contributed by atoms with E-state index in [-0.39, 0.29) is 10.8 Å². The van der Waals surface area contributed by atoms with Crippen molar-refractivity contribution in [2.75, 3.05) is 12.6 Å². The maximum atomic E-state index is 11.6. The number of thiazole rings is 1. The minimum Gasteiger partial charge on any atom is -0.476 e. The Morgan fingerprint density at radius 2 is 2.57 bits per heavy atom. The van der Waals surface area contributed by atoms with Gasteiger partial charge in [-0.05, 0) is 0 Å². The molecule has 8 heteroatoms.